The Hall–Kier alpha value is -2.90. The predicted molar refractivity (Wildman–Crippen MR) is 209 cm³/mol. The molecule has 0 amide bonds. The average molecular weight is 668 g/mol. The van der Waals surface area contributed by atoms with Crippen LogP contribution in [0.15, 0.2) is 42.5 Å². The van der Waals surface area contributed by atoms with Gasteiger partial charge in [-0.25, -0.2) is 0 Å². The van der Waals surface area contributed by atoms with Gasteiger partial charge in [0.2, 0.25) is 0 Å². The first-order valence-electron chi connectivity index (χ1n) is 18.8. The number of unbranched alkanes of at least 4 members (excludes halogenated alkanes) is 4. The summed E-state index contributed by atoms with van der Waals surface area (Å²) in [7, 11) is 8.77. The number of rotatable bonds is 15. The van der Waals surface area contributed by atoms with Crippen LogP contribution in [-0.4, -0.2) is 77.6 Å². The van der Waals surface area contributed by atoms with E-state index < -0.39 is 0 Å². The Morgan fingerprint density at radius 3 is 2.25 bits per heavy atom. The molecule has 2 heterocycles. The van der Waals surface area contributed by atoms with Crippen molar-refractivity contribution in [3.8, 4) is 5.75 Å². The van der Waals surface area contributed by atoms with Crippen LogP contribution in [0.5, 0.6) is 5.75 Å². The summed E-state index contributed by atoms with van der Waals surface area (Å²) in [6.45, 7) is 15.8. The lowest BCUT2D eigenvalue weighted by molar-refractivity contribution is -0.117. The third kappa shape index (κ3) is 16.5. The monoisotopic (exact) mass is 668 g/mol. The van der Waals surface area contributed by atoms with Gasteiger partial charge in [-0.15, -0.1) is 0 Å². The SMILES string of the molecule is CCCC.CCCC1CC(c2ccc3c(c2)OCN3)CN1CC=O.CCCCCC(C)=O.CCCCN(C)c1cccc([N+](C)(C)C)c1. The first kappa shape index (κ1) is 43.1. The van der Waals surface area contributed by atoms with E-state index in [0.717, 1.165) is 54.6 Å². The second kappa shape index (κ2) is 24.3. The van der Waals surface area contributed by atoms with E-state index in [-0.39, 0.29) is 0 Å². The van der Waals surface area contributed by atoms with E-state index in [1.54, 1.807) is 6.92 Å². The van der Waals surface area contributed by atoms with E-state index in [1.165, 1.54) is 68.3 Å². The minimum Gasteiger partial charge on any atom is -0.471 e. The molecule has 0 aromatic heterocycles. The van der Waals surface area contributed by atoms with Crippen molar-refractivity contribution in [3.05, 3.63) is 48.0 Å². The second-order valence-electron chi connectivity index (χ2n) is 14.2. The normalized spacial score (nSPS) is 16.5. The van der Waals surface area contributed by atoms with Crippen LogP contribution < -0.4 is 19.4 Å². The molecule has 48 heavy (non-hydrogen) atoms. The predicted octanol–water partition coefficient (Wildman–Crippen LogP) is 9.69. The second-order valence-corrected chi connectivity index (χ2v) is 14.2. The zero-order valence-corrected chi connectivity index (χ0v) is 32.4. The van der Waals surface area contributed by atoms with E-state index in [4.69, 9.17) is 4.74 Å². The number of nitrogens with zero attached hydrogens (tertiary/aromatic N) is 3. The summed E-state index contributed by atoms with van der Waals surface area (Å²) >= 11 is 0. The van der Waals surface area contributed by atoms with E-state index >= 15 is 0 Å². The van der Waals surface area contributed by atoms with Gasteiger partial charge in [-0.3, -0.25) is 9.38 Å². The molecule has 0 spiro atoms. The van der Waals surface area contributed by atoms with E-state index in [1.807, 2.05) is 0 Å². The fourth-order valence-electron chi connectivity index (χ4n) is 5.72. The van der Waals surface area contributed by atoms with Gasteiger partial charge >= 0.3 is 0 Å². The van der Waals surface area contributed by atoms with Gasteiger partial charge in [0.1, 0.15) is 23.5 Å². The van der Waals surface area contributed by atoms with Crippen molar-refractivity contribution in [2.75, 3.05) is 64.8 Å². The Kier molecular flexibility index (Phi) is 21.8. The van der Waals surface area contributed by atoms with Gasteiger partial charge in [0.05, 0.1) is 33.4 Å². The van der Waals surface area contributed by atoms with Gasteiger partial charge in [-0.1, -0.05) is 85.3 Å². The molecule has 2 unspecified atom stereocenters. The van der Waals surface area contributed by atoms with Gasteiger partial charge in [0.15, 0.2) is 6.73 Å². The minimum absolute atomic E-state index is 0.318. The maximum Gasteiger partial charge on any atom is 0.159 e. The summed E-state index contributed by atoms with van der Waals surface area (Å²) in [4.78, 5) is 25.8. The lowest BCUT2D eigenvalue weighted by Gasteiger charge is -2.26. The maximum atomic E-state index is 10.8. The highest BCUT2D eigenvalue weighted by Crippen LogP contribution is 2.38. The van der Waals surface area contributed by atoms with E-state index in [0.29, 0.717) is 31.0 Å². The fourth-order valence-corrected chi connectivity index (χ4v) is 5.72. The minimum atomic E-state index is 0.318. The number of anilines is 2. The lowest BCUT2D eigenvalue weighted by atomic mass is 9.94. The number of hydrogen-bond donors (Lipinski definition) is 1. The van der Waals surface area contributed by atoms with E-state index in [9.17, 15) is 9.59 Å². The molecule has 0 saturated carbocycles. The molecule has 0 radical (unpaired) electrons. The van der Waals surface area contributed by atoms with Gasteiger partial charge in [-0.05, 0) is 68.4 Å². The molecule has 2 aliphatic heterocycles. The van der Waals surface area contributed by atoms with Crippen molar-refractivity contribution in [1.29, 1.82) is 0 Å². The molecule has 2 atom stereocenters. The Morgan fingerprint density at radius 1 is 0.958 bits per heavy atom. The van der Waals surface area contributed by atoms with Crippen LogP contribution in [0.4, 0.5) is 17.1 Å². The smallest absolute Gasteiger partial charge is 0.159 e. The summed E-state index contributed by atoms with van der Waals surface area (Å²) in [5.41, 5.74) is 5.09. The number of Topliss-reactive ketones (excluding diaryl/α,β-unsaturated/α-hetero) is 1. The number of benzene rings is 2. The molecule has 2 aromatic carbocycles. The number of ketones is 1. The average Bonchev–Trinajstić information content (AvgIpc) is 3.71. The maximum absolute atomic E-state index is 10.8. The number of hydrogen-bond acceptors (Lipinski definition) is 6. The van der Waals surface area contributed by atoms with Crippen LogP contribution in [0.3, 0.4) is 0 Å². The molecule has 4 rings (SSSR count). The topological polar surface area (TPSA) is 61.9 Å². The molecule has 2 aliphatic rings. The van der Waals surface area contributed by atoms with Crippen molar-refractivity contribution in [2.24, 2.45) is 0 Å². The first-order valence-corrected chi connectivity index (χ1v) is 18.8. The van der Waals surface area contributed by atoms with Crippen molar-refractivity contribution in [3.63, 3.8) is 0 Å². The lowest BCUT2D eigenvalue weighted by Crippen LogP contribution is -2.34. The van der Waals surface area contributed by atoms with Crippen LogP contribution in [0.2, 0.25) is 0 Å². The van der Waals surface area contributed by atoms with Gasteiger partial charge in [0.25, 0.3) is 0 Å². The number of likely N-dealkylation sites (tertiary alicyclic amines) is 1. The number of nitrogens with one attached hydrogen (secondary N) is 1. The number of quaternary nitrogens is 1. The van der Waals surface area contributed by atoms with Crippen LogP contribution in [-0.2, 0) is 9.59 Å². The highest BCUT2D eigenvalue weighted by Gasteiger charge is 2.32. The highest BCUT2D eigenvalue weighted by atomic mass is 16.5. The molecule has 0 bridgehead atoms. The Labute approximate surface area is 295 Å². The van der Waals surface area contributed by atoms with Gasteiger partial charge < -0.3 is 24.5 Å². The number of fused-ring (bicyclic) bond motifs is 1. The summed E-state index contributed by atoms with van der Waals surface area (Å²) < 4.78 is 6.44. The number of aldehydes is 1. The molecule has 1 fully saturated rings. The summed E-state index contributed by atoms with van der Waals surface area (Å²) in [6.07, 6.45) is 13.9. The Balaban J connectivity index is 0.000000367. The van der Waals surface area contributed by atoms with Crippen molar-refractivity contribution >= 4 is 29.1 Å². The van der Waals surface area contributed by atoms with Crippen molar-refractivity contribution in [2.45, 2.75) is 124 Å². The van der Waals surface area contributed by atoms with Crippen molar-refractivity contribution in [1.82, 2.24) is 9.38 Å². The molecule has 7 nitrogen and oxygen atoms in total. The standard InChI is InChI=1S/C16H22N2O2.C14H25N2.C7H14O.C4H10/c1-2-3-14-8-13(10-18(14)6-7-19)12-4-5-15-16(9-12)20-11-17-15;1-6-7-11-15(2)13-9-8-10-14(12-13)16(3,4)5;1-3-4-5-6-7(2)8;1-3-4-2/h4-5,7,9,13-14,17H,2-3,6,8,10-11H2,1H3;8-10,12H,6-7,11H2,1-5H3;3-6H2,1-2H3;3-4H2,1-2H3/q;+1;;. The third-order valence-corrected chi connectivity index (χ3v) is 8.95. The number of carbonyl (C=O) groups excluding carboxylic acids is 2. The fraction of sp³-hybridized carbons (Fsp3) is 0.659. The largest absolute Gasteiger partial charge is 0.471 e. The molecular formula is C41H71N4O3+. The Bertz CT molecular complexity index is 1160. The van der Waals surface area contributed by atoms with Crippen LogP contribution in [0.25, 0.3) is 0 Å². The first-order chi connectivity index (χ1) is 22.9. The molecule has 0 aliphatic carbocycles. The van der Waals surface area contributed by atoms with Gasteiger partial charge in [-0.2, -0.15) is 0 Å². The summed E-state index contributed by atoms with van der Waals surface area (Å²) in [6, 6.07) is 15.8. The van der Waals surface area contributed by atoms with E-state index in [2.05, 4.69) is 120 Å². The number of carbonyl (C=O) groups is 2. The molecule has 1 saturated heterocycles. The zero-order valence-electron chi connectivity index (χ0n) is 32.4. The summed E-state index contributed by atoms with van der Waals surface area (Å²) in [5.74, 6) is 1.79. The van der Waals surface area contributed by atoms with Crippen molar-refractivity contribution < 1.29 is 14.3 Å². The molecule has 2 aromatic rings. The quantitative estimate of drug-likeness (QED) is 0.116. The van der Waals surface area contributed by atoms with Gasteiger partial charge in [0, 0.05) is 44.4 Å². The molecule has 272 valence electrons. The number of ether oxygens (including phenoxy) is 1. The zero-order chi connectivity index (χ0) is 36.0. The van der Waals surface area contributed by atoms with Crippen LogP contribution >= 0.6 is 0 Å². The third-order valence-electron chi connectivity index (χ3n) is 8.95. The van der Waals surface area contributed by atoms with Crippen LogP contribution in [0.1, 0.15) is 124 Å². The molecule has 1 N–H and O–H groups in total. The summed E-state index contributed by atoms with van der Waals surface area (Å²) in [5, 5.41) is 3.20. The molecular weight excluding hydrogens is 596 g/mol. The highest BCUT2D eigenvalue weighted by molar-refractivity contribution is 5.75. The van der Waals surface area contributed by atoms with Crippen LogP contribution in [0, 0.1) is 0 Å². The Morgan fingerprint density at radius 2 is 1.67 bits per heavy atom. The molecule has 7 heteroatoms.